The van der Waals surface area contributed by atoms with Crippen LogP contribution in [0.3, 0.4) is 0 Å². The first-order chi connectivity index (χ1) is 13.4. The summed E-state index contributed by atoms with van der Waals surface area (Å²) in [6.07, 6.45) is 1.68. The van der Waals surface area contributed by atoms with Crippen LogP contribution in [0.15, 0.2) is 47.4 Å². The number of benzene rings is 2. The van der Waals surface area contributed by atoms with Gasteiger partial charge in [-0.3, -0.25) is 4.79 Å². The zero-order valence-corrected chi connectivity index (χ0v) is 17.4. The van der Waals surface area contributed by atoms with Crippen LogP contribution in [0.25, 0.3) is 0 Å². The van der Waals surface area contributed by atoms with Crippen LogP contribution in [-0.2, 0) is 10.0 Å². The Morgan fingerprint density at radius 2 is 1.75 bits per heavy atom. The lowest BCUT2D eigenvalue weighted by molar-refractivity contribution is 0.0947. The van der Waals surface area contributed by atoms with Crippen molar-refractivity contribution in [1.82, 2.24) is 9.62 Å². The number of carbonyl (C=O) groups excluding carboxylic acids is 1. The van der Waals surface area contributed by atoms with Crippen LogP contribution in [-0.4, -0.2) is 44.9 Å². The van der Waals surface area contributed by atoms with E-state index in [1.165, 1.54) is 22.5 Å². The van der Waals surface area contributed by atoms with Crippen LogP contribution < -0.4 is 10.1 Å². The molecule has 1 aliphatic heterocycles. The van der Waals surface area contributed by atoms with E-state index in [9.17, 15) is 13.2 Å². The van der Waals surface area contributed by atoms with Gasteiger partial charge in [0.05, 0.1) is 22.0 Å². The highest BCUT2D eigenvalue weighted by Crippen LogP contribution is 2.25. The van der Waals surface area contributed by atoms with Crippen molar-refractivity contribution in [2.75, 3.05) is 26.2 Å². The number of hydrogen-bond donors (Lipinski definition) is 1. The minimum Gasteiger partial charge on any atom is -0.492 e. The third-order valence-electron chi connectivity index (χ3n) is 4.36. The molecule has 0 bridgehead atoms. The topological polar surface area (TPSA) is 75.7 Å². The summed E-state index contributed by atoms with van der Waals surface area (Å²) in [7, 11) is -3.62. The molecule has 0 atom stereocenters. The molecule has 6 nitrogen and oxygen atoms in total. The van der Waals surface area contributed by atoms with Crippen molar-refractivity contribution in [2.45, 2.75) is 17.7 Å². The zero-order valence-electron chi connectivity index (χ0n) is 15.0. The van der Waals surface area contributed by atoms with Crippen molar-refractivity contribution < 1.29 is 17.9 Å². The largest absolute Gasteiger partial charge is 0.492 e. The van der Waals surface area contributed by atoms with Gasteiger partial charge in [0.15, 0.2) is 0 Å². The zero-order chi connectivity index (χ0) is 20.1. The highest BCUT2D eigenvalue weighted by atomic mass is 35.5. The van der Waals surface area contributed by atoms with Crippen LogP contribution in [0.5, 0.6) is 5.75 Å². The molecule has 0 aliphatic carbocycles. The number of hydrogen-bond acceptors (Lipinski definition) is 4. The average molecular weight is 443 g/mol. The standard InChI is InChI=1S/C19H20Cl2N2O4S/c20-14-3-5-15(6-4-14)27-12-9-22-19(24)17-13-16(7-8-18(17)21)28(25,26)23-10-1-2-11-23/h3-8,13H,1-2,9-12H2,(H,22,24). The van der Waals surface area contributed by atoms with Gasteiger partial charge in [-0.2, -0.15) is 4.31 Å². The van der Waals surface area contributed by atoms with Crippen molar-refractivity contribution in [1.29, 1.82) is 0 Å². The summed E-state index contributed by atoms with van der Waals surface area (Å²) in [5, 5.41) is 3.49. The second kappa shape index (κ2) is 9.13. The maximum absolute atomic E-state index is 12.7. The normalized spacial score (nSPS) is 14.8. The van der Waals surface area contributed by atoms with Crippen molar-refractivity contribution in [3.05, 3.63) is 58.1 Å². The Hall–Kier alpha value is -1.80. The van der Waals surface area contributed by atoms with Gasteiger partial charge in [0.25, 0.3) is 5.91 Å². The van der Waals surface area contributed by atoms with Gasteiger partial charge in [-0.15, -0.1) is 0 Å². The first-order valence-corrected chi connectivity index (χ1v) is 11.0. The van der Waals surface area contributed by atoms with E-state index in [1.54, 1.807) is 24.3 Å². The van der Waals surface area contributed by atoms with E-state index >= 15 is 0 Å². The lowest BCUT2D eigenvalue weighted by Gasteiger charge is -2.16. The van der Waals surface area contributed by atoms with Crippen molar-refractivity contribution >= 4 is 39.1 Å². The molecule has 0 saturated carbocycles. The quantitative estimate of drug-likeness (QED) is 0.664. The minimum atomic E-state index is -3.62. The van der Waals surface area contributed by atoms with Crippen molar-refractivity contribution in [2.24, 2.45) is 0 Å². The highest BCUT2D eigenvalue weighted by molar-refractivity contribution is 7.89. The molecule has 1 fully saturated rings. The van der Waals surface area contributed by atoms with E-state index in [4.69, 9.17) is 27.9 Å². The average Bonchev–Trinajstić information content (AvgIpc) is 3.22. The molecule has 1 heterocycles. The van der Waals surface area contributed by atoms with E-state index in [2.05, 4.69) is 5.32 Å². The summed E-state index contributed by atoms with van der Waals surface area (Å²) in [6.45, 7) is 1.47. The fourth-order valence-corrected chi connectivity index (χ4v) is 4.75. The number of nitrogens with one attached hydrogen (secondary N) is 1. The molecule has 0 aromatic heterocycles. The predicted octanol–water partition coefficient (Wildman–Crippen LogP) is 3.59. The number of nitrogens with zero attached hydrogens (tertiary/aromatic N) is 1. The Balaban J connectivity index is 1.62. The molecule has 0 radical (unpaired) electrons. The van der Waals surface area contributed by atoms with Crippen LogP contribution in [0, 0.1) is 0 Å². The predicted molar refractivity (Wildman–Crippen MR) is 109 cm³/mol. The minimum absolute atomic E-state index is 0.0707. The molecule has 1 amide bonds. The molecule has 2 aromatic carbocycles. The molecule has 1 aliphatic rings. The van der Waals surface area contributed by atoms with E-state index in [-0.39, 0.29) is 28.6 Å². The monoisotopic (exact) mass is 442 g/mol. The van der Waals surface area contributed by atoms with E-state index in [0.717, 1.165) is 12.8 Å². The SMILES string of the molecule is O=C(NCCOc1ccc(Cl)cc1)c1cc(S(=O)(=O)N2CCCC2)ccc1Cl. The second-order valence-electron chi connectivity index (χ2n) is 6.31. The Bertz CT molecular complexity index is 943. The van der Waals surface area contributed by atoms with Gasteiger partial charge in [0.1, 0.15) is 12.4 Å². The number of amides is 1. The first kappa shape index (κ1) is 20.9. The molecule has 0 unspecified atom stereocenters. The Kier molecular flexibility index (Phi) is 6.82. The molecule has 1 saturated heterocycles. The van der Waals surface area contributed by atoms with Gasteiger partial charge < -0.3 is 10.1 Å². The van der Waals surface area contributed by atoms with Gasteiger partial charge in [-0.25, -0.2) is 8.42 Å². The molecule has 9 heteroatoms. The number of carbonyl (C=O) groups is 1. The number of rotatable bonds is 7. The van der Waals surface area contributed by atoms with Crippen LogP contribution >= 0.6 is 23.2 Å². The third kappa shape index (κ3) is 4.97. The number of halogens is 2. The smallest absolute Gasteiger partial charge is 0.252 e. The van der Waals surface area contributed by atoms with Gasteiger partial charge in [0.2, 0.25) is 10.0 Å². The van der Waals surface area contributed by atoms with E-state index < -0.39 is 15.9 Å². The highest BCUT2D eigenvalue weighted by Gasteiger charge is 2.28. The molecule has 1 N–H and O–H groups in total. The summed E-state index contributed by atoms with van der Waals surface area (Å²) in [4.78, 5) is 12.5. The van der Waals surface area contributed by atoms with Crippen LogP contribution in [0.4, 0.5) is 0 Å². The molecule has 2 aromatic rings. The Labute approximate surface area is 174 Å². The molecular formula is C19H20Cl2N2O4S. The fraction of sp³-hybridized carbons (Fsp3) is 0.316. The van der Waals surface area contributed by atoms with Crippen molar-refractivity contribution in [3.8, 4) is 5.75 Å². The van der Waals surface area contributed by atoms with E-state index in [0.29, 0.717) is 23.9 Å². The van der Waals surface area contributed by atoms with Crippen molar-refractivity contribution in [3.63, 3.8) is 0 Å². The molecule has 0 spiro atoms. The molecule has 3 rings (SSSR count). The first-order valence-electron chi connectivity index (χ1n) is 8.84. The molecule has 150 valence electrons. The summed E-state index contributed by atoms with van der Waals surface area (Å²) in [5.41, 5.74) is 0.119. The molecule has 28 heavy (non-hydrogen) atoms. The fourth-order valence-electron chi connectivity index (χ4n) is 2.88. The summed E-state index contributed by atoms with van der Waals surface area (Å²) in [5.74, 6) is 0.179. The summed E-state index contributed by atoms with van der Waals surface area (Å²) >= 11 is 11.9. The van der Waals surface area contributed by atoms with E-state index in [1.807, 2.05) is 0 Å². The Morgan fingerprint density at radius 3 is 2.43 bits per heavy atom. The van der Waals surface area contributed by atoms with Gasteiger partial charge in [-0.1, -0.05) is 23.2 Å². The van der Waals surface area contributed by atoms with Gasteiger partial charge in [0, 0.05) is 18.1 Å². The number of ether oxygens (including phenoxy) is 1. The molecular weight excluding hydrogens is 423 g/mol. The maximum Gasteiger partial charge on any atom is 0.252 e. The van der Waals surface area contributed by atoms with Crippen LogP contribution in [0.2, 0.25) is 10.0 Å². The lowest BCUT2D eigenvalue weighted by Crippen LogP contribution is -2.30. The lowest BCUT2D eigenvalue weighted by atomic mass is 10.2. The number of sulfonamides is 1. The maximum atomic E-state index is 12.7. The Morgan fingerprint density at radius 1 is 1.07 bits per heavy atom. The van der Waals surface area contributed by atoms with Crippen LogP contribution in [0.1, 0.15) is 23.2 Å². The second-order valence-corrected chi connectivity index (χ2v) is 9.09. The van der Waals surface area contributed by atoms with Gasteiger partial charge >= 0.3 is 0 Å². The third-order valence-corrected chi connectivity index (χ3v) is 6.83. The summed E-state index contributed by atoms with van der Waals surface area (Å²) < 4.78 is 32.3. The summed E-state index contributed by atoms with van der Waals surface area (Å²) in [6, 6.07) is 11.1. The van der Waals surface area contributed by atoms with Gasteiger partial charge in [-0.05, 0) is 55.3 Å².